The Labute approximate surface area is 97.7 Å². The molecule has 0 fully saturated rings. The maximum atomic E-state index is 10.7. The summed E-state index contributed by atoms with van der Waals surface area (Å²) in [6.07, 6.45) is 3.56. The summed E-state index contributed by atoms with van der Waals surface area (Å²) in [6.45, 7) is 1.54. The maximum Gasteiger partial charge on any atom is 0.186 e. The lowest BCUT2D eigenvalue weighted by molar-refractivity contribution is -0.109. The largest absolute Gasteiger partial charge is 0.346 e. The van der Waals surface area contributed by atoms with E-state index in [0.29, 0.717) is 5.75 Å². The Kier molecular flexibility index (Phi) is 3.28. The molecule has 2 aromatic heterocycles. The molecule has 1 N–H and O–H groups in total. The van der Waals surface area contributed by atoms with Crippen LogP contribution in [0.3, 0.4) is 0 Å². The average molecular weight is 230 g/mol. The Balaban J connectivity index is 2.20. The molecule has 80 valence electrons. The van der Waals surface area contributed by atoms with E-state index in [0.717, 1.165) is 16.6 Å². The second-order valence-corrected chi connectivity index (χ2v) is 4.33. The summed E-state index contributed by atoms with van der Waals surface area (Å²) in [5.41, 5.74) is 1.78. The number of fused-ring (bicyclic) bond motifs is 1. The first-order chi connectivity index (χ1) is 7.77. The van der Waals surface area contributed by atoms with Crippen LogP contribution in [0.5, 0.6) is 0 Å². The van der Waals surface area contributed by atoms with Gasteiger partial charge >= 0.3 is 0 Å². The number of nitrogens with one attached hydrogen (secondary N) is 1. The van der Waals surface area contributed by atoms with Gasteiger partial charge in [-0.2, -0.15) is 0 Å². The van der Waals surface area contributed by atoms with Gasteiger partial charge in [0.15, 0.2) is 5.12 Å². The molecule has 0 spiro atoms. The summed E-state index contributed by atoms with van der Waals surface area (Å²) < 4.78 is 0. The molecule has 0 aliphatic carbocycles. The second-order valence-electron chi connectivity index (χ2n) is 3.18. The van der Waals surface area contributed by atoms with Gasteiger partial charge in [-0.15, -0.1) is 0 Å². The van der Waals surface area contributed by atoms with Crippen LogP contribution in [0, 0.1) is 11.8 Å². The number of hydrogen-bond donors (Lipinski definition) is 1. The van der Waals surface area contributed by atoms with Gasteiger partial charge in [-0.1, -0.05) is 23.6 Å². The van der Waals surface area contributed by atoms with Crippen molar-refractivity contribution in [3.05, 3.63) is 30.1 Å². The Morgan fingerprint density at radius 1 is 1.56 bits per heavy atom. The van der Waals surface area contributed by atoms with Crippen LogP contribution >= 0.6 is 11.8 Å². The highest BCUT2D eigenvalue weighted by Gasteiger charge is 1.98. The van der Waals surface area contributed by atoms with Crippen molar-refractivity contribution < 1.29 is 4.79 Å². The molecule has 2 aromatic rings. The number of thioether (sulfide) groups is 1. The zero-order chi connectivity index (χ0) is 11.4. The number of nitrogens with zero attached hydrogens (tertiary/aromatic N) is 1. The lowest BCUT2D eigenvalue weighted by atomic mass is 10.2. The van der Waals surface area contributed by atoms with Crippen molar-refractivity contribution in [1.29, 1.82) is 0 Å². The molecule has 0 saturated carbocycles. The predicted octanol–water partition coefficient (Wildman–Crippen LogP) is 2.19. The standard InChI is InChI=1S/C12H10N2OS/c1-9(15)16-8-2-3-10-4-6-13-12-11(10)5-7-14-12/h4-7H,8H2,1H3,(H,13,14). The number of pyridine rings is 1. The first kappa shape index (κ1) is 10.8. The van der Waals surface area contributed by atoms with E-state index in [4.69, 9.17) is 0 Å². The summed E-state index contributed by atoms with van der Waals surface area (Å²) in [5.74, 6) is 6.54. The van der Waals surface area contributed by atoms with Gasteiger partial charge in [0, 0.05) is 30.3 Å². The quantitative estimate of drug-likeness (QED) is 0.764. The lowest BCUT2D eigenvalue weighted by Gasteiger charge is -1.92. The van der Waals surface area contributed by atoms with Crippen LogP contribution in [0.25, 0.3) is 11.0 Å². The van der Waals surface area contributed by atoms with Crippen LogP contribution in [0.2, 0.25) is 0 Å². The Morgan fingerprint density at radius 3 is 3.25 bits per heavy atom. The fraction of sp³-hybridized carbons (Fsp3) is 0.167. The summed E-state index contributed by atoms with van der Waals surface area (Å²) in [7, 11) is 0. The molecule has 0 bridgehead atoms. The first-order valence-electron chi connectivity index (χ1n) is 4.81. The SMILES string of the molecule is CC(=O)SCC#Cc1ccnc2[nH]ccc12. The Morgan fingerprint density at radius 2 is 2.44 bits per heavy atom. The van der Waals surface area contributed by atoms with Crippen molar-refractivity contribution in [1.82, 2.24) is 9.97 Å². The van der Waals surface area contributed by atoms with E-state index in [1.807, 2.05) is 18.3 Å². The van der Waals surface area contributed by atoms with Gasteiger partial charge in [0.2, 0.25) is 0 Å². The minimum absolute atomic E-state index is 0.0934. The summed E-state index contributed by atoms with van der Waals surface area (Å²) in [4.78, 5) is 17.9. The van der Waals surface area contributed by atoms with Crippen LogP contribution < -0.4 is 0 Å². The van der Waals surface area contributed by atoms with Crippen molar-refractivity contribution in [3.63, 3.8) is 0 Å². The molecule has 2 heterocycles. The molecular formula is C12H10N2OS. The summed E-state index contributed by atoms with van der Waals surface area (Å²) >= 11 is 1.22. The first-order valence-corrected chi connectivity index (χ1v) is 5.80. The molecule has 0 unspecified atom stereocenters. The third-order valence-electron chi connectivity index (χ3n) is 2.03. The molecule has 0 saturated heterocycles. The fourth-order valence-corrected chi connectivity index (χ4v) is 1.69. The normalized spacial score (nSPS) is 9.81. The number of H-pyrrole nitrogens is 1. The molecule has 2 rings (SSSR count). The molecule has 4 heteroatoms. The molecule has 0 radical (unpaired) electrons. The van der Waals surface area contributed by atoms with Crippen LogP contribution in [0.15, 0.2) is 24.5 Å². The Bertz CT molecular complexity index is 577. The highest BCUT2D eigenvalue weighted by molar-refractivity contribution is 8.13. The topological polar surface area (TPSA) is 45.8 Å². The minimum atomic E-state index is 0.0934. The smallest absolute Gasteiger partial charge is 0.186 e. The van der Waals surface area contributed by atoms with Gasteiger partial charge < -0.3 is 4.98 Å². The van der Waals surface area contributed by atoms with Gasteiger partial charge in [0.05, 0.1) is 5.75 Å². The number of aromatic amines is 1. The number of carbonyl (C=O) groups excluding carboxylic acids is 1. The molecule has 0 amide bonds. The fourth-order valence-electron chi connectivity index (χ4n) is 1.34. The molecule has 0 aromatic carbocycles. The van der Waals surface area contributed by atoms with Crippen molar-refractivity contribution in [2.24, 2.45) is 0 Å². The molecule has 3 nitrogen and oxygen atoms in total. The van der Waals surface area contributed by atoms with Crippen LogP contribution in [0.1, 0.15) is 12.5 Å². The summed E-state index contributed by atoms with van der Waals surface area (Å²) in [5, 5.41) is 1.11. The molecule has 16 heavy (non-hydrogen) atoms. The van der Waals surface area contributed by atoms with E-state index in [1.54, 1.807) is 13.1 Å². The van der Waals surface area contributed by atoms with Crippen molar-refractivity contribution in [2.75, 3.05) is 5.75 Å². The number of carbonyl (C=O) groups is 1. The van der Waals surface area contributed by atoms with Crippen LogP contribution in [-0.2, 0) is 4.79 Å². The van der Waals surface area contributed by atoms with Gasteiger partial charge in [0.1, 0.15) is 5.65 Å². The maximum absolute atomic E-state index is 10.7. The highest BCUT2D eigenvalue weighted by atomic mass is 32.2. The van der Waals surface area contributed by atoms with Gasteiger partial charge in [-0.25, -0.2) is 4.98 Å². The average Bonchev–Trinajstić information content (AvgIpc) is 2.72. The summed E-state index contributed by atoms with van der Waals surface area (Å²) in [6, 6.07) is 3.83. The molecule has 0 aliphatic rings. The monoisotopic (exact) mass is 230 g/mol. The number of rotatable bonds is 1. The molecular weight excluding hydrogens is 220 g/mol. The minimum Gasteiger partial charge on any atom is -0.346 e. The second kappa shape index (κ2) is 4.86. The highest BCUT2D eigenvalue weighted by Crippen LogP contribution is 2.13. The third kappa shape index (κ3) is 2.44. The van der Waals surface area contributed by atoms with Gasteiger partial charge in [0.25, 0.3) is 0 Å². The zero-order valence-corrected chi connectivity index (χ0v) is 9.60. The Hall–Kier alpha value is -1.73. The van der Waals surface area contributed by atoms with E-state index in [-0.39, 0.29) is 5.12 Å². The van der Waals surface area contributed by atoms with E-state index < -0.39 is 0 Å². The van der Waals surface area contributed by atoms with Crippen LogP contribution in [-0.4, -0.2) is 20.8 Å². The van der Waals surface area contributed by atoms with Crippen molar-refractivity contribution >= 4 is 27.9 Å². The number of aromatic nitrogens is 2. The van der Waals surface area contributed by atoms with E-state index in [9.17, 15) is 4.79 Å². The van der Waals surface area contributed by atoms with Gasteiger partial charge in [-0.05, 0) is 12.1 Å². The zero-order valence-electron chi connectivity index (χ0n) is 8.78. The van der Waals surface area contributed by atoms with Crippen molar-refractivity contribution in [2.45, 2.75) is 6.92 Å². The number of hydrogen-bond acceptors (Lipinski definition) is 3. The molecule has 0 atom stereocenters. The molecule has 0 aliphatic heterocycles. The van der Waals surface area contributed by atoms with E-state index in [2.05, 4.69) is 21.8 Å². The third-order valence-corrected chi connectivity index (χ3v) is 2.73. The lowest BCUT2D eigenvalue weighted by Crippen LogP contribution is -1.83. The van der Waals surface area contributed by atoms with Gasteiger partial charge in [-0.3, -0.25) is 4.79 Å². The van der Waals surface area contributed by atoms with E-state index >= 15 is 0 Å². The van der Waals surface area contributed by atoms with Crippen LogP contribution in [0.4, 0.5) is 0 Å². The predicted molar refractivity (Wildman–Crippen MR) is 66.1 cm³/mol. The van der Waals surface area contributed by atoms with E-state index in [1.165, 1.54) is 11.8 Å². The van der Waals surface area contributed by atoms with Crippen molar-refractivity contribution in [3.8, 4) is 11.8 Å².